The van der Waals surface area contributed by atoms with Gasteiger partial charge >= 0.3 is 6.18 Å². The van der Waals surface area contributed by atoms with Crippen LogP contribution in [0.4, 0.5) is 13.2 Å². The summed E-state index contributed by atoms with van der Waals surface area (Å²) in [6.45, 7) is 10.3. The molecule has 1 aromatic carbocycles. The molecule has 0 aromatic heterocycles. The summed E-state index contributed by atoms with van der Waals surface area (Å²) in [4.78, 5) is 2.07. The molecule has 0 spiro atoms. The van der Waals surface area contributed by atoms with Crippen molar-refractivity contribution < 1.29 is 13.2 Å². The molecular weight excluding hydrogens is 289 g/mol. The zero-order valence-corrected chi connectivity index (χ0v) is 13.1. The number of nitrogens with one attached hydrogen (secondary N) is 1. The predicted octanol–water partition coefficient (Wildman–Crippen LogP) is 3.62. The van der Waals surface area contributed by atoms with Crippen molar-refractivity contribution in [3.63, 3.8) is 0 Å². The molecule has 1 N–H and O–H groups in total. The molecule has 1 saturated heterocycles. The first-order valence-electron chi connectivity index (χ1n) is 7.55. The molecule has 0 saturated carbocycles. The van der Waals surface area contributed by atoms with Crippen LogP contribution >= 0.6 is 0 Å². The van der Waals surface area contributed by atoms with Gasteiger partial charge < -0.3 is 5.32 Å². The smallest absolute Gasteiger partial charge is 0.312 e. The van der Waals surface area contributed by atoms with Crippen molar-refractivity contribution in [3.8, 4) is 0 Å². The van der Waals surface area contributed by atoms with Gasteiger partial charge in [0.2, 0.25) is 0 Å². The lowest BCUT2D eigenvalue weighted by molar-refractivity contribution is -0.138. The van der Waals surface area contributed by atoms with Crippen LogP contribution in [0.1, 0.15) is 30.5 Å². The van der Waals surface area contributed by atoms with Crippen LogP contribution in [0.15, 0.2) is 30.4 Å². The van der Waals surface area contributed by atoms with Gasteiger partial charge in [0.25, 0.3) is 0 Å². The molecule has 1 atom stereocenters. The fourth-order valence-electron chi connectivity index (χ4n) is 2.88. The molecule has 0 aliphatic carbocycles. The van der Waals surface area contributed by atoms with E-state index in [9.17, 15) is 13.2 Å². The van der Waals surface area contributed by atoms with Crippen LogP contribution in [-0.4, -0.2) is 30.6 Å². The average Bonchev–Trinajstić information content (AvgIpc) is 2.39. The second-order valence-electron chi connectivity index (χ2n) is 6.21. The van der Waals surface area contributed by atoms with Gasteiger partial charge in [0.15, 0.2) is 0 Å². The van der Waals surface area contributed by atoms with Gasteiger partial charge in [-0.1, -0.05) is 24.3 Å². The number of allylic oxidation sites excluding steroid dienone is 1. The molecule has 1 fully saturated rings. The Bertz CT molecular complexity index is 537. The van der Waals surface area contributed by atoms with Crippen molar-refractivity contribution in [2.45, 2.75) is 39.0 Å². The van der Waals surface area contributed by atoms with Crippen molar-refractivity contribution in [2.75, 3.05) is 19.6 Å². The highest BCUT2D eigenvalue weighted by atomic mass is 19.4. The lowest BCUT2D eigenvalue weighted by Crippen LogP contribution is -2.48. The molecular formula is C17H23F3N2. The topological polar surface area (TPSA) is 15.3 Å². The lowest BCUT2D eigenvalue weighted by atomic mass is 9.99. The Hall–Kier alpha value is -1.33. The molecule has 22 heavy (non-hydrogen) atoms. The summed E-state index contributed by atoms with van der Waals surface area (Å²) in [5, 5.41) is 3.30. The molecule has 2 rings (SSSR count). The average molecular weight is 312 g/mol. The third-order valence-electron chi connectivity index (χ3n) is 3.83. The highest BCUT2D eigenvalue weighted by Gasteiger charge is 2.34. The van der Waals surface area contributed by atoms with E-state index in [-0.39, 0.29) is 0 Å². The summed E-state index contributed by atoms with van der Waals surface area (Å²) >= 11 is 0. The Morgan fingerprint density at radius 3 is 2.73 bits per heavy atom. The minimum absolute atomic E-state index is 0.311. The summed E-state index contributed by atoms with van der Waals surface area (Å²) in [7, 11) is 0. The minimum atomic E-state index is -4.32. The van der Waals surface area contributed by atoms with Crippen molar-refractivity contribution in [1.82, 2.24) is 10.2 Å². The van der Waals surface area contributed by atoms with Gasteiger partial charge in [-0.15, -0.1) is 0 Å². The van der Waals surface area contributed by atoms with Gasteiger partial charge in [-0.3, -0.25) is 4.90 Å². The van der Waals surface area contributed by atoms with E-state index in [1.807, 2.05) is 13.8 Å². The maximum absolute atomic E-state index is 13.3. The van der Waals surface area contributed by atoms with E-state index >= 15 is 0 Å². The zero-order valence-electron chi connectivity index (χ0n) is 13.1. The fourth-order valence-corrected chi connectivity index (χ4v) is 2.88. The molecule has 5 heteroatoms. The van der Waals surface area contributed by atoms with Crippen LogP contribution in [0, 0.1) is 0 Å². The van der Waals surface area contributed by atoms with Crippen LogP contribution < -0.4 is 5.32 Å². The molecule has 1 aromatic rings. The van der Waals surface area contributed by atoms with Gasteiger partial charge in [-0.05, 0) is 37.5 Å². The lowest BCUT2D eigenvalue weighted by Gasteiger charge is -2.32. The van der Waals surface area contributed by atoms with E-state index in [4.69, 9.17) is 0 Å². The largest absolute Gasteiger partial charge is 0.416 e. The van der Waals surface area contributed by atoms with Gasteiger partial charge in [0.05, 0.1) is 5.56 Å². The van der Waals surface area contributed by atoms with Crippen molar-refractivity contribution in [3.05, 3.63) is 47.0 Å². The monoisotopic (exact) mass is 312 g/mol. The Morgan fingerprint density at radius 2 is 2.14 bits per heavy atom. The molecule has 1 aliphatic heterocycles. The van der Waals surface area contributed by atoms with Gasteiger partial charge in [0.1, 0.15) is 0 Å². The van der Waals surface area contributed by atoms with Gasteiger partial charge in [-0.25, -0.2) is 0 Å². The molecule has 1 heterocycles. The highest BCUT2D eigenvalue weighted by Crippen LogP contribution is 2.33. The van der Waals surface area contributed by atoms with Crippen LogP contribution in [0.25, 0.3) is 0 Å². The Labute approximate surface area is 130 Å². The van der Waals surface area contributed by atoms with E-state index in [0.29, 0.717) is 30.1 Å². The van der Waals surface area contributed by atoms with Crippen LogP contribution in [0.3, 0.4) is 0 Å². The Kier molecular flexibility index (Phi) is 5.29. The summed E-state index contributed by atoms with van der Waals surface area (Å²) in [6.07, 6.45) is -3.84. The van der Waals surface area contributed by atoms with E-state index < -0.39 is 11.7 Å². The van der Waals surface area contributed by atoms with Crippen molar-refractivity contribution >= 4 is 0 Å². The first kappa shape index (κ1) is 17.0. The van der Waals surface area contributed by atoms with Crippen LogP contribution in [-0.2, 0) is 19.1 Å². The van der Waals surface area contributed by atoms with Crippen LogP contribution in [0.5, 0.6) is 0 Å². The third-order valence-corrected chi connectivity index (χ3v) is 3.83. The second kappa shape index (κ2) is 6.84. The molecule has 0 bridgehead atoms. The summed E-state index contributed by atoms with van der Waals surface area (Å²) in [5.41, 5.74) is 1.36. The standard InChI is InChI=1S/C17H23F3N2/c1-12(2)8-14-4-5-15(16(9-14)17(18,19)20)11-22-7-6-21-13(3)10-22/h4-5,9,13,21H,1,6-8,10-11H2,2-3H3. The third kappa shape index (κ3) is 4.58. The minimum Gasteiger partial charge on any atom is -0.312 e. The number of hydrogen-bond acceptors (Lipinski definition) is 2. The highest BCUT2D eigenvalue weighted by molar-refractivity contribution is 5.35. The normalized spacial score (nSPS) is 20.1. The van der Waals surface area contributed by atoms with Gasteiger partial charge in [0, 0.05) is 32.2 Å². The molecule has 0 amide bonds. The second-order valence-corrected chi connectivity index (χ2v) is 6.21. The van der Waals surface area contributed by atoms with Crippen molar-refractivity contribution in [2.24, 2.45) is 0 Å². The van der Waals surface area contributed by atoms with Gasteiger partial charge in [-0.2, -0.15) is 13.2 Å². The molecule has 0 radical (unpaired) electrons. The molecule has 1 unspecified atom stereocenters. The number of halogens is 3. The first-order valence-corrected chi connectivity index (χ1v) is 7.55. The summed E-state index contributed by atoms with van der Waals surface area (Å²) in [5.74, 6) is 0. The predicted molar refractivity (Wildman–Crippen MR) is 82.7 cm³/mol. The number of piperazine rings is 1. The maximum atomic E-state index is 13.3. The molecule has 2 nitrogen and oxygen atoms in total. The summed E-state index contributed by atoms with van der Waals surface area (Å²) in [6, 6.07) is 4.99. The molecule has 1 aliphatic rings. The summed E-state index contributed by atoms with van der Waals surface area (Å²) < 4.78 is 40.0. The van der Waals surface area contributed by atoms with E-state index in [0.717, 1.165) is 25.2 Å². The Morgan fingerprint density at radius 1 is 1.41 bits per heavy atom. The van der Waals surface area contributed by atoms with E-state index in [1.54, 1.807) is 12.1 Å². The first-order chi connectivity index (χ1) is 10.3. The zero-order chi connectivity index (χ0) is 16.3. The quantitative estimate of drug-likeness (QED) is 0.854. The number of rotatable bonds is 4. The van der Waals surface area contributed by atoms with Crippen molar-refractivity contribution in [1.29, 1.82) is 0 Å². The van der Waals surface area contributed by atoms with E-state index in [1.165, 1.54) is 6.07 Å². The molecule has 122 valence electrons. The maximum Gasteiger partial charge on any atom is 0.416 e. The number of nitrogens with zero attached hydrogens (tertiary/aromatic N) is 1. The number of benzene rings is 1. The number of alkyl halides is 3. The SMILES string of the molecule is C=C(C)Cc1ccc(CN2CCNC(C)C2)c(C(F)(F)F)c1. The Balaban J connectivity index is 2.23. The fraction of sp³-hybridized carbons (Fsp3) is 0.529. The number of hydrogen-bond donors (Lipinski definition) is 1. The van der Waals surface area contributed by atoms with Crippen LogP contribution in [0.2, 0.25) is 0 Å². The van der Waals surface area contributed by atoms with E-state index in [2.05, 4.69) is 16.8 Å².